The third kappa shape index (κ3) is 1.42. The minimum absolute atomic E-state index is 1.24. The van der Waals surface area contributed by atoms with Crippen LogP contribution in [0, 0.1) is 13.8 Å². The molecule has 10 heavy (non-hydrogen) atoms. The Labute approximate surface area is 65.9 Å². The Morgan fingerprint density at radius 2 is 1.90 bits per heavy atom. The molecule has 0 aliphatic carbocycles. The lowest BCUT2D eigenvalue weighted by Crippen LogP contribution is -1.81. The molecular weight excluding hydrogens is 140 g/mol. The van der Waals surface area contributed by atoms with Gasteiger partial charge in [-0.2, -0.15) is 0 Å². The van der Waals surface area contributed by atoms with E-state index in [0.717, 1.165) is 0 Å². The molecule has 0 N–H and O–H groups in total. The topological polar surface area (TPSA) is 0 Å². The van der Waals surface area contributed by atoms with Gasteiger partial charge in [-0.1, -0.05) is 6.07 Å². The first-order valence-corrected chi connectivity index (χ1v) is 4.22. The molecule has 1 aromatic carbocycles. The molecule has 0 fully saturated rings. The Balaban J connectivity index is 3.16. The fourth-order valence-corrected chi connectivity index (χ4v) is 1.23. The highest BCUT2D eigenvalue weighted by molar-refractivity contribution is 7.76. The zero-order valence-corrected chi connectivity index (χ0v) is 7.16. The summed E-state index contributed by atoms with van der Waals surface area (Å²) < 4.78 is 0. The van der Waals surface area contributed by atoms with Crippen molar-refractivity contribution in [2.24, 2.45) is 0 Å². The van der Waals surface area contributed by atoms with Crippen LogP contribution in [0.4, 0.5) is 0 Å². The second kappa shape index (κ2) is 2.93. The van der Waals surface area contributed by atoms with Gasteiger partial charge in [0, 0.05) is 12.1 Å². The molecule has 0 radical (unpaired) electrons. The monoisotopic (exact) mass is 151 g/mol. The molecule has 0 amide bonds. The van der Waals surface area contributed by atoms with Crippen LogP contribution in [0.5, 0.6) is 0 Å². The first-order chi connectivity index (χ1) is 4.74. The van der Waals surface area contributed by atoms with Crippen molar-refractivity contribution in [3.8, 4) is 0 Å². The van der Waals surface area contributed by atoms with Crippen molar-refractivity contribution >= 4 is 17.2 Å². The molecule has 0 heterocycles. The summed E-state index contributed by atoms with van der Waals surface area (Å²) in [5.41, 5.74) is 2.69. The number of benzene rings is 1. The van der Waals surface area contributed by atoms with Crippen molar-refractivity contribution in [3.05, 3.63) is 29.3 Å². The molecule has 1 rings (SSSR count). The van der Waals surface area contributed by atoms with Crippen molar-refractivity contribution in [2.75, 3.05) is 0 Å². The highest BCUT2D eigenvalue weighted by Gasteiger charge is 1.99. The highest BCUT2D eigenvalue weighted by atomic mass is 32.1. The van der Waals surface area contributed by atoms with Crippen molar-refractivity contribution in [2.45, 2.75) is 18.7 Å². The third-order valence-corrected chi connectivity index (χ3v) is 2.23. The quantitative estimate of drug-likeness (QED) is 0.426. The number of hydrogen-bond acceptors (Lipinski definition) is 0. The smallest absolute Gasteiger partial charge is 0.0534 e. The number of rotatable bonds is 1. The van der Waals surface area contributed by atoms with E-state index in [4.69, 9.17) is 0 Å². The zero-order valence-electron chi connectivity index (χ0n) is 6.35. The normalized spacial score (nSPS) is 9.40. The lowest BCUT2D eigenvalue weighted by atomic mass is 10.1. The van der Waals surface area contributed by atoms with E-state index in [-0.39, 0.29) is 0 Å². The molecule has 0 unspecified atom stereocenters. The molecule has 0 bridgehead atoms. The molecular formula is C9H11S+. The van der Waals surface area contributed by atoms with Gasteiger partial charge >= 0.3 is 0 Å². The minimum Gasteiger partial charge on any atom is -0.0534 e. The Morgan fingerprint density at radius 1 is 1.20 bits per heavy atom. The summed E-state index contributed by atoms with van der Waals surface area (Å²) in [5, 5.41) is 0. The van der Waals surface area contributed by atoms with Crippen molar-refractivity contribution in [3.63, 3.8) is 0 Å². The number of aryl methyl sites for hydroxylation is 2. The second-order valence-corrected chi connectivity index (χ2v) is 3.15. The van der Waals surface area contributed by atoms with Crippen molar-refractivity contribution < 1.29 is 0 Å². The predicted molar refractivity (Wildman–Crippen MR) is 48.7 cm³/mol. The van der Waals surface area contributed by atoms with E-state index in [9.17, 15) is 0 Å². The second-order valence-electron chi connectivity index (χ2n) is 2.39. The van der Waals surface area contributed by atoms with Crippen molar-refractivity contribution in [1.82, 2.24) is 0 Å². The van der Waals surface area contributed by atoms with Crippen LogP contribution >= 0.6 is 0 Å². The lowest BCUT2D eigenvalue weighted by molar-refractivity contribution is 1.28. The van der Waals surface area contributed by atoms with Gasteiger partial charge in [0.05, 0.1) is 0 Å². The summed E-state index contributed by atoms with van der Waals surface area (Å²) in [7, 11) is 0. The fourth-order valence-electron chi connectivity index (χ4n) is 0.804. The number of hydrogen-bond donors (Lipinski definition) is 0. The van der Waals surface area contributed by atoms with Gasteiger partial charge in [-0.15, -0.1) is 0 Å². The Hall–Kier alpha value is -0.690. The maximum Gasteiger partial charge on any atom is 0.230 e. The van der Waals surface area contributed by atoms with Crippen LogP contribution in [-0.4, -0.2) is 5.87 Å². The molecule has 0 nitrogen and oxygen atoms in total. The molecule has 1 aromatic rings. The SMILES string of the molecule is C=[S+]c1ccc(C)c(C)c1. The van der Waals surface area contributed by atoms with Crippen LogP contribution in [0.15, 0.2) is 23.1 Å². The summed E-state index contributed by atoms with van der Waals surface area (Å²) in [6.45, 7) is 4.24. The first kappa shape index (κ1) is 7.42. The van der Waals surface area contributed by atoms with Gasteiger partial charge in [-0.3, -0.25) is 0 Å². The molecule has 0 atom stereocenters. The fraction of sp³-hybridized carbons (Fsp3) is 0.222. The van der Waals surface area contributed by atoms with Crippen LogP contribution in [0.1, 0.15) is 11.1 Å². The highest BCUT2D eigenvalue weighted by Crippen LogP contribution is 2.08. The Morgan fingerprint density at radius 3 is 2.40 bits per heavy atom. The van der Waals surface area contributed by atoms with E-state index in [0.29, 0.717) is 0 Å². The maximum atomic E-state index is 3.74. The van der Waals surface area contributed by atoms with Gasteiger partial charge in [0.2, 0.25) is 16.2 Å². The van der Waals surface area contributed by atoms with E-state index in [1.165, 1.54) is 16.0 Å². The summed E-state index contributed by atoms with van der Waals surface area (Å²) in [6, 6.07) is 6.38. The lowest BCUT2D eigenvalue weighted by Gasteiger charge is -1.93. The van der Waals surface area contributed by atoms with Crippen LogP contribution < -0.4 is 0 Å². The van der Waals surface area contributed by atoms with E-state index in [2.05, 4.69) is 37.9 Å². The van der Waals surface area contributed by atoms with Gasteiger partial charge < -0.3 is 0 Å². The zero-order chi connectivity index (χ0) is 7.56. The molecule has 0 spiro atoms. The van der Waals surface area contributed by atoms with E-state index < -0.39 is 0 Å². The summed E-state index contributed by atoms with van der Waals surface area (Å²) >= 11 is 1.54. The summed E-state index contributed by atoms with van der Waals surface area (Å²) in [6.07, 6.45) is 0. The predicted octanol–water partition coefficient (Wildman–Crippen LogP) is 2.18. The molecule has 52 valence electrons. The molecule has 0 aliphatic rings. The molecule has 0 saturated carbocycles. The van der Waals surface area contributed by atoms with Gasteiger partial charge in [0.15, 0.2) is 5.87 Å². The van der Waals surface area contributed by atoms with Gasteiger partial charge in [-0.05, 0) is 25.0 Å². The molecule has 0 saturated heterocycles. The Bertz CT molecular complexity index is 251. The average Bonchev–Trinajstić information content (AvgIpc) is 1.95. The van der Waals surface area contributed by atoms with E-state index in [1.54, 1.807) is 11.4 Å². The molecule has 1 heteroatoms. The van der Waals surface area contributed by atoms with Crippen molar-refractivity contribution in [1.29, 1.82) is 0 Å². The van der Waals surface area contributed by atoms with Crippen LogP contribution in [0.3, 0.4) is 0 Å². The van der Waals surface area contributed by atoms with Crippen LogP contribution in [0.25, 0.3) is 0 Å². The summed E-state index contributed by atoms with van der Waals surface area (Å²) in [4.78, 5) is 1.24. The van der Waals surface area contributed by atoms with Gasteiger partial charge in [-0.25, -0.2) is 0 Å². The van der Waals surface area contributed by atoms with E-state index in [1.807, 2.05) is 0 Å². The first-order valence-electron chi connectivity index (χ1n) is 3.23. The largest absolute Gasteiger partial charge is 0.230 e. The molecule has 0 aromatic heterocycles. The van der Waals surface area contributed by atoms with Crippen LogP contribution in [0.2, 0.25) is 0 Å². The Kier molecular flexibility index (Phi) is 2.17. The van der Waals surface area contributed by atoms with Gasteiger partial charge in [0.25, 0.3) is 0 Å². The average molecular weight is 151 g/mol. The van der Waals surface area contributed by atoms with E-state index >= 15 is 0 Å². The van der Waals surface area contributed by atoms with Crippen LogP contribution in [-0.2, 0) is 11.4 Å². The minimum atomic E-state index is 1.24. The van der Waals surface area contributed by atoms with Gasteiger partial charge in [0.1, 0.15) is 0 Å². The molecule has 0 aliphatic heterocycles. The summed E-state index contributed by atoms with van der Waals surface area (Å²) in [5.74, 6) is 3.74. The standard InChI is InChI=1S/C9H11S/c1-7-4-5-9(10-3)6-8(7)2/h4-6H,3H2,1-2H3/q+1. The third-order valence-electron chi connectivity index (χ3n) is 1.65. The maximum absolute atomic E-state index is 3.74.